The maximum atomic E-state index is 15.1. The van der Waals surface area contributed by atoms with Crippen molar-refractivity contribution in [1.82, 2.24) is 29.4 Å². The molecule has 5 heterocycles. The minimum atomic E-state index is -0.915. The lowest BCUT2D eigenvalue weighted by Crippen LogP contribution is -2.48. The van der Waals surface area contributed by atoms with Crippen LogP contribution in [-0.4, -0.2) is 66.8 Å². The summed E-state index contributed by atoms with van der Waals surface area (Å²) in [5.41, 5.74) is 1.81. The third kappa shape index (κ3) is 4.15. The highest BCUT2D eigenvalue weighted by Crippen LogP contribution is 2.38. The summed E-state index contributed by atoms with van der Waals surface area (Å²) >= 11 is 0. The van der Waals surface area contributed by atoms with Crippen LogP contribution in [0.4, 0.5) is 31.0 Å². The van der Waals surface area contributed by atoms with Crippen molar-refractivity contribution in [2.45, 2.75) is 32.2 Å². The number of carbonyl (C=O) groups is 1. The Morgan fingerprint density at radius 3 is 2.53 bits per heavy atom. The Hall–Kier alpha value is -4.35. The molecule has 0 radical (unpaired) electrons. The molecule has 0 aliphatic carbocycles. The van der Waals surface area contributed by atoms with Crippen molar-refractivity contribution in [3.63, 3.8) is 0 Å². The van der Waals surface area contributed by atoms with Crippen LogP contribution >= 0.6 is 0 Å². The average Bonchev–Trinajstić information content (AvgIpc) is 3.43. The van der Waals surface area contributed by atoms with Crippen LogP contribution in [0.15, 0.2) is 36.7 Å². The fourth-order valence-electron chi connectivity index (χ4n) is 5.24. The number of fused-ring (bicyclic) bond motifs is 3. The fraction of sp³-hybridized carbons (Fsp3) is 0.346. The monoisotopic (exact) mass is 520 g/mol. The number of imidazole rings is 1. The molecule has 0 unspecified atom stereocenters. The van der Waals surface area contributed by atoms with E-state index < -0.39 is 17.7 Å². The van der Waals surface area contributed by atoms with Crippen LogP contribution in [0.25, 0.3) is 22.3 Å². The zero-order valence-corrected chi connectivity index (χ0v) is 20.9. The maximum Gasteiger partial charge on any atom is 0.407 e. The van der Waals surface area contributed by atoms with E-state index in [0.717, 1.165) is 30.6 Å². The first-order chi connectivity index (χ1) is 18.2. The van der Waals surface area contributed by atoms with Gasteiger partial charge in [0, 0.05) is 43.7 Å². The molecule has 1 fully saturated rings. The molecule has 10 nitrogen and oxygen atoms in total. The number of nitrogens with zero attached hydrogens (tertiary/aromatic N) is 7. The first kappa shape index (κ1) is 24.0. The minimum Gasteiger partial charge on any atom is -0.465 e. The highest BCUT2D eigenvalue weighted by atomic mass is 19.1. The van der Waals surface area contributed by atoms with Crippen molar-refractivity contribution in [2.75, 3.05) is 36.4 Å². The Labute approximate surface area is 217 Å². The van der Waals surface area contributed by atoms with Crippen LogP contribution in [0.3, 0.4) is 0 Å². The number of aryl methyl sites for hydroxylation is 1. The van der Waals surface area contributed by atoms with Gasteiger partial charge in [-0.2, -0.15) is 0 Å². The molecule has 1 amide bonds. The standard InChI is InChI=1S/C26H26F2N8O2/c1-26(2)6-5-21-32-23-17(27)11-15(12-19(23)36(21)26)22-18(28)14-30-24(33-22)31-20-4-3-16(13-29-20)34-7-9-35(10-8-34)25(37)38/h3-4,11-14H,5-10H2,1-2H3,(H,37,38)(H,29,30,31,33). The van der Waals surface area contributed by atoms with Crippen LogP contribution in [0.1, 0.15) is 26.1 Å². The molecule has 2 aliphatic heterocycles. The lowest BCUT2D eigenvalue weighted by molar-refractivity contribution is 0.142. The second-order valence-electron chi connectivity index (χ2n) is 10.2. The summed E-state index contributed by atoms with van der Waals surface area (Å²) in [6, 6.07) is 6.59. The van der Waals surface area contributed by atoms with E-state index in [2.05, 4.69) is 44.0 Å². The van der Waals surface area contributed by atoms with E-state index in [0.29, 0.717) is 43.1 Å². The summed E-state index contributed by atoms with van der Waals surface area (Å²) in [7, 11) is 0. The quantitative estimate of drug-likeness (QED) is 0.408. The lowest BCUT2D eigenvalue weighted by atomic mass is 10.0. The van der Waals surface area contributed by atoms with Gasteiger partial charge in [-0.05, 0) is 44.5 Å². The molecule has 6 rings (SSSR count). The second-order valence-corrected chi connectivity index (χ2v) is 10.2. The SMILES string of the molecule is CC1(C)CCc2nc3c(F)cc(-c4nc(Nc5ccc(N6CCN(C(=O)O)CC6)cn5)ncc4F)cc3n21. The third-order valence-electron chi connectivity index (χ3n) is 7.27. The van der Waals surface area contributed by atoms with E-state index in [1.807, 2.05) is 10.6 Å². The van der Waals surface area contributed by atoms with Crippen LogP contribution < -0.4 is 10.2 Å². The highest BCUT2D eigenvalue weighted by Gasteiger charge is 2.33. The Morgan fingerprint density at radius 2 is 1.82 bits per heavy atom. The van der Waals surface area contributed by atoms with Gasteiger partial charge in [0.05, 0.1) is 23.6 Å². The number of aromatic nitrogens is 5. The summed E-state index contributed by atoms with van der Waals surface area (Å²) < 4.78 is 31.9. The van der Waals surface area contributed by atoms with E-state index in [4.69, 9.17) is 5.11 Å². The van der Waals surface area contributed by atoms with Gasteiger partial charge < -0.3 is 24.8 Å². The number of rotatable bonds is 4. The molecule has 4 aromatic rings. The third-order valence-corrected chi connectivity index (χ3v) is 7.27. The van der Waals surface area contributed by atoms with Gasteiger partial charge in [0.25, 0.3) is 0 Å². The average molecular weight is 521 g/mol. The molecule has 0 atom stereocenters. The van der Waals surface area contributed by atoms with Gasteiger partial charge >= 0.3 is 6.09 Å². The number of hydrogen-bond donors (Lipinski definition) is 2. The van der Waals surface area contributed by atoms with Crippen LogP contribution in [0.5, 0.6) is 0 Å². The maximum absolute atomic E-state index is 15.1. The number of benzene rings is 1. The van der Waals surface area contributed by atoms with Gasteiger partial charge in [0.15, 0.2) is 11.6 Å². The molecule has 38 heavy (non-hydrogen) atoms. The summed E-state index contributed by atoms with van der Waals surface area (Å²) in [4.78, 5) is 31.8. The van der Waals surface area contributed by atoms with Gasteiger partial charge in [-0.25, -0.2) is 33.5 Å². The molecule has 2 aliphatic rings. The molecular weight excluding hydrogens is 494 g/mol. The Morgan fingerprint density at radius 1 is 1.03 bits per heavy atom. The normalized spacial score (nSPS) is 16.6. The topological polar surface area (TPSA) is 112 Å². The molecule has 1 saturated heterocycles. The van der Waals surface area contributed by atoms with Gasteiger partial charge in [-0.1, -0.05) is 0 Å². The number of nitrogens with one attached hydrogen (secondary N) is 1. The molecule has 12 heteroatoms. The summed E-state index contributed by atoms with van der Waals surface area (Å²) in [6.45, 7) is 6.15. The highest BCUT2D eigenvalue weighted by molar-refractivity contribution is 5.83. The zero-order chi connectivity index (χ0) is 26.6. The molecule has 3 aromatic heterocycles. The van der Waals surface area contributed by atoms with Crippen molar-refractivity contribution in [3.05, 3.63) is 54.1 Å². The van der Waals surface area contributed by atoms with Crippen molar-refractivity contribution < 1.29 is 18.7 Å². The molecule has 196 valence electrons. The predicted molar refractivity (Wildman–Crippen MR) is 138 cm³/mol. The summed E-state index contributed by atoms with van der Waals surface area (Å²) in [6.07, 6.45) is 3.47. The fourth-order valence-corrected chi connectivity index (χ4v) is 5.24. The Kier molecular flexibility index (Phi) is 5.62. The largest absolute Gasteiger partial charge is 0.465 e. The lowest BCUT2D eigenvalue weighted by Gasteiger charge is -2.34. The van der Waals surface area contributed by atoms with Crippen molar-refractivity contribution >= 4 is 34.6 Å². The smallest absolute Gasteiger partial charge is 0.407 e. The molecule has 1 aromatic carbocycles. The number of halogens is 2. The van der Waals surface area contributed by atoms with E-state index in [-0.39, 0.29) is 22.7 Å². The second kappa shape index (κ2) is 8.89. The first-order valence-corrected chi connectivity index (χ1v) is 12.4. The number of piperazine rings is 1. The van der Waals surface area contributed by atoms with E-state index in [9.17, 15) is 9.18 Å². The Balaban J connectivity index is 1.25. The number of anilines is 3. The van der Waals surface area contributed by atoms with Crippen LogP contribution in [0, 0.1) is 11.6 Å². The number of pyridine rings is 1. The number of carboxylic acid groups (broad SMARTS) is 1. The van der Waals surface area contributed by atoms with Gasteiger partial charge in [0.1, 0.15) is 22.9 Å². The van der Waals surface area contributed by atoms with Crippen molar-refractivity contribution in [1.29, 1.82) is 0 Å². The number of hydrogen-bond acceptors (Lipinski definition) is 7. The molecular formula is C26H26F2N8O2. The molecule has 2 N–H and O–H groups in total. The van der Waals surface area contributed by atoms with Gasteiger partial charge in [0.2, 0.25) is 5.95 Å². The van der Waals surface area contributed by atoms with Crippen molar-refractivity contribution in [3.8, 4) is 11.3 Å². The summed E-state index contributed by atoms with van der Waals surface area (Å²) in [5.74, 6) is 0.205. The van der Waals surface area contributed by atoms with E-state index in [1.54, 1.807) is 18.3 Å². The molecule has 0 bridgehead atoms. The van der Waals surface area contributed by atoms with E-state index >= 15 is 4.39 Å². The number of amides is 1. The zero-order valence-electron chi connectivity index (χ0n) is 20.9. The molecule has 0 saturated carbocycles. The predicted octanol–water partition coefficient (Wildman–Crippen LogP) is 4.39. The Bertz CT molecular complexity index is 1550. The van der Waals surface area contributed by atoms with Crippen LogP contribution in [0.2, 0.25) is 0 Å². The molecule has 0 spiro atoms. The van der Waals surface area contributed by atoms with Gasteiger partial charge in [-0.15, -0.1) is 0 Å². The van der Waals surface area contributed by atoms with Gasteiger partial charge in [-0.3, -0.25) is 0 Å². The van der Waals surface area contributed by atoms with Crippen molar-refractivity contribution in [2.24, 2.45) is 0 Å². The van der Waals surface area contributed by atoms with E-state index in [1.165, 1.54) is 11.0 Å². The minimum absolute atomic E-state index is 0.0254. The van der Waals surface area contributed by atoms with Crippen LogP contribution in [-0.2, 0) is 12.0 Å². The first-order valence-electron chi connectivity index (χ1n) is 12.4. The summed E-state index contributed by atoms with van der Waals surface area (Å²) in [5, 5.41) is 12.1.